The summed E-state index contributed by atoms with van der Waals surface area (Å²) in [4.78, 5) is 64.9. The van der Waals surface area contributed by atoms with Gasteiger partial charge in [-0.25, -0.2) is 4.90 Å². The standard InChI is InChI=1S/C31H21ClN2O6/c32-22-14-10-20(11-15-22)28(27(36)19-6-2-1-3-7-19)40-26(35)18-33-29(37)21-12-16-23(17-13-21)34-30(38)24-8-4-5-9-25(24)31(34)39/h1-17,28H,18H2,(H,33,37)/t28-/m0/s1. The molecule has 1 aliphatic heterocycles. The van der Waals surface area contributed by atoms with Crippen molar-refractivity contribution < 1.29 is 28.7 Å². The molecule has 1 atom stereocenters. The van der Waals surface area contributed by atoms with E-state index in [4.69, 9.17) is 16.3 Å². The summed E-state index contributed by atoms with van der Waals surface area (Å²) in [6, 6.07) is 27.1. The number of imide groups is 1. The second-order valence-corrected chi connectivity index (χ2v) is 9.31. The minimum atomic E-state index is -1.23. The highest BCUT2D eigenvalue weighted by atomic mass is 35.5. The molecule has 5 rings (SSSR count). The van der Waals surface area contributed by atoms with Crippen molar-refractivity contribution in [1.29, 1.82) is 0 Å². The smallest absolute Gasteiger partial charge is 0.326 e. The van der Waals surface area contributed by atoms with Gasteiger partial charge in [0.2, 0.25) is 5.78 Å². The van der Waals surface area contributed by atoms with Crippen LogP contribution in [0.5, 0.6) is 0 Å². The number of Topliss-reactive ketones (excluding diaryl/α,β-unsaturated/α-hetero) is 1. The Labute approximate surface area is 234 Å². The first kappa shape index (κ1) is 26.5. The molecule has 1 N–H and O–H groups in total. The van der Waals surface area contributed by atoms with Gasteiger partial charge < -0.3 is 10.1 Å². The summed E-state index contributed by atoms with van der Waals surface area (Å²) < 4.78 is 5.49. The second-order valence-electron chi connectivity index (χ2n) is 8.87. The van der Waals surface area contributed by atoms with E-state index in [1.165, 1.54) is 24.3 Å². The van der Waals surface area contributed by atoms with Gasteiger partial charge in [0.25, 0.3) is 17.7 Å². The molecule has 0 radical (unpaired) electrons. The molecule has 0 aromatic heterocycles. The van der Waals surface area contributed by atoms with Crippen LogP contribution in [0.2, 0.25) is 5.02 Å². The van der Waals surface area contributed by atoms with Crippen molar-refractivity contribution in [2.75, 3.05) is 11.4 Å². The van der Waals surface area contributed by atoms with E-state index in [1.807, 2.05) is 0 Å². The number of anilines is 1. The minimum absolute atomic E-state index is 0.197. The summed E-state index contributed by atoms with van der Waals surface area (Å²) >= 11 is 5.97. The quantitative estimate of drug-likeness (QED) is 0.186. The Balaban J connectivity index is 1.24. The van der Waals surface area contributed by atoms with E-state index >= 15 is 0 Å². The molecular weight excluding hydrogens is 532 g/mol. The van der Waals surface area contributed by atoms with Gasteiger partial charge >= 0.3 is 5.97 Å². The van der Waals surface area contributed by atoms with E-state index in [2.05, 4.69) is 5.32 Å². The molecule has 0 fully saturated rings. The van der Waals surface area contributed by atoms with Gasteiger partial charge in [-0.2, -0.15) is 0 Å². The fourth-order valence-electron chi connectivity index (χ4n) is 4.28. The number of hydrogen-bond donors (Lipinski definition) is 1. The van der Waals surface area contributed by atoms with Gasteiger partial charge in [-0.3, -0.25) is 24.0 Å². The van der Waals surface area contributed by atoms with Crippen LogP contribution in [0.25, 0.3) is 0 Å². The largest absolute Gasteiger partial charge is 0.448 e. The average molecular weight is 553 g/mol. The lowest BCUT2D eigenvalue weighted by atomic mass is 10.00. The van der Waals surface area contributed by atoms with E-state index in [0.29, 0.717) is 33.0 Å². The van der Waals surface area contributed by atoms with Crippen molar-refractivity contribution in [2.45, 2.75) is 6.10 Å². The molecule has 4 aromatic carbocycles. The molecule has 3 amide bonds. The van der Waals surface area contributed by atoms with Crippen LogP contribution >= 0.6 is 11.6 Å². The summed E-state index contributed by atoms with van der Waals surface area (Å²) in [5.74, 6) is -2.71. The summed E-state index contributed by atoms with van der Waals surface area (Å²) in [6.45, 7) is -0.495. The summed E-state index contributed by atoms with van der Waals surface area (Å²) in [5, 5.41) is 2.93. The van der Waals surface area contributed by atoms with Gasteiger partial charge in [0.05, 0.1) is 16.8 Å². The molecular formula is C31H21ClN2O6. The molecule has 1 aliphatic rings. The molecule has 1 heterocycles. The molecule has 0 spiro atoms. The maximum atomic E-state index is 13.1. The van der Waals surface area contributed by atoms with Gasteiger partial charge in [-0.15, -0.1) is 0 Å². The monoisotopic (exact) mass is 552 g/mol. The average Bonchev–Trinajstić information content (AvgIpc) is 3.24. The maximum absolute atomic E-state index is 13.1. The van der Waals surface area contributed by atoms with E-state index in [-0.39, 0.29) is 5.56 Å². The summed E-state index contributed by atoms with van der Waals surface area (Å²) in [6.07, 6.45) is -1.23. The first-order chi connectivity index (χ1) is 19.3. The number of halogens is 1. The van der Waals surface area contributed by atoms with Gasteiger partial charge in [-0.05, 0) is 48.5 Å². The lowest BCUT2D eigenvalue weighted by molar-refractivity contribution is -0.146. The van der Waals surface area contributed by atoms with Crippen LogP contribution in [0.3, 0.4) is 0 Å². The first-order valence-corrected chi connectivity index (χ1v) is 12.6. The number of esters is 1. The topological polar surface area (TPSA) is 110 Å². The molecule has 40 heavy (non-hydrogen) atoms. The van der Waals surface area contributed by atoms with Crippen LogP contribution in [0, 0.1) is 0 Å². The third kappa shape index (κ3) is 5.39. The number of ether oxygens (including phenoxy) is 1. The Morgan fingerprint density at radius 1 is 0.725 bits per heavy atom. The number of nitrogens with one attached hydrogen (secondary N) is 1. The number of ketones is 1. The number of hydrogen-bond acceptors (Lipinski definition) is 6. The van der Waals surface area contributed by atoms with E-state index in [0.717, 1.165) is 4.90 Å². The van der Waals surface area contributed by atoms with Crippen LogP contribution < -0.4 is 10.2 Å². The molecule has 8 nitrogen and oxygen atoms in total. The number of carbonyl (C=O) groups is 5. The Morgan fingerprint density at radius 2 is 1.30 bits per heavy atom. The molecule has 9 heteroatoms. The Hall–Kier alpha value is -5.08. The number of carbonyl (C=O) groups excluding carboxylic acids is 5. The predicted molar refractivity (Wildman–Crippen MR) is 147 cm³/mol. The Morgan fingerprint density at radius 3 is 1.90 bits per heavy atom. The summed E-state index contributed by atoms with van der Waals surface area (Å²) in [7, 11) is 0. The molecule has 0 saturated carbocycles. The zero-order valence-corrected chi connectivity index (χ0v) is 21.6. The Bertz CT molecular complexity index is 1580. The normalized spacial score (nSPS) is 13.0. The van der Waals surface area contributed by atoms with Crippen molar-refractivity contribution in [3.63, 3.8) is 0 Å². The fourth-order valence-corrected chi connectivity index (χ4v) is 4.40. The van der Waals surface area contributed by atoms with E-state index < -0.39 is 42.1 Å². The Kier molecular flexibility index (Phi) is 7.52. The lowest BCUT2D eigenvalue weighted by Crippen LogP contribution is -2.32. The van der Waals surface area contributed by atoms with Crippen molar-refractivity contribution in [1.82, 2.24) is 5.32 Å². The number of fused-ring (bicyclic) bond motifs is 1. The molecule has 198 valence electrons. The number of rotatable bonds is 8. The third-order valence-corrected chi connectivity index (χ3v) is 6.55. The molecule has 0 saturated heterocycles. The number of nitrogens with zero attached hydrogens (tertiary/aromatic N) is 1. The van der Waals surface area contributed by atoms with Crippen LogP contribution in [0.1, 0.15) is 53.1 Å². The highest BCUT2D eigenvalue weighted by molar-refractivity contribution is 6.34. The predicted octanol–water partition coefficient (Wildman–Crippen LogP) is 5.04. The molecule has 4 aromatic rings. The van der Waals surface area contributed by atoms with Crippen LogP contribution in [0.15, 0.2) is 103 Å². The lowest BCUT2D eigenvalue weighted by Gasteiger charge is -2.18. The summed E-state index contributed by atoms with van der Waals surface area (Å²) in [5.41, 5.74) is 1.93. The first-order valence-electron chi connectivity index (χ1n) is 12.2. The van der Waals surface area contributed by atoms with Crippen molar-refractivity contribution >= 4 is 46.8 Å². The minimum Gasteiger partial charge on any atom is -0.448 e. The number of amides is 3. The van der Waals surface area contributed by atoms with Gasteiger partial charge in [-0.1, -0.05) is 66.2 Å². The SMILES string of the molecule is O=C(CNC(=O)c1ccc(N2C(=O)c3ccccc3C2=O)cc1)O[C@H](C(=O)c1ccccc1)c1ccc(Cl)cc1. The van der Waals surface area contributed by atoms with Gasteiger partial charge in [0.15, 0.2) is 6.10 Å². The highest BCUT2D eigenvalue weighted by Crippen LogP contribution is 2.28. The second kappa shape index (κ2) is 11.3. The van der Waals surface area contributed by atoms with Crippen LogP contribution in [-0.4, -0.2) is 36.0 Å². The zero-order chi connectivity index (χ0) is 28.2. The molecule has 0 aliphatic carbocycles. The van der Waals surface area contributed by atoms with Gasteiger partial charge in [0.1, 0.15) is 6.54 Å². The van der Waals surface area contributed by atoms with Crippen molar-refractivity contribution in [3.8, 4) is 0 Å². The number of benzene rings is 4. The van der Waals surface area contributed by atoms with Crippen molar-refractivity contribution in [2.24, 2.45) is 0 Å². The molecule has 0 bridgehead atoms. The van der Waals surface area contributed by atoms with Crippen LogP contribution in [0.4, 0.5) is 5.69 Å². The zero-order valence-electron chi connectivity index (χ0n) is 20.9. The van der Waals surface area contributed by atoms with Crippen LogP contribution in [-0.2, 0) is 9.53 Å². The van der Waals surface area contributed by atoms with Gasteiger partial charge in [0, 0.05) is 21.7 Å². The highest BCUT2D eigenvalue weighted by Gasteiger charge is 2.36. The maximum Gasteiger partial charge on any atom is 0.326 e. The third-order valence-electron chi connectivity index (χ3n) is 6.29. The van der Waals surface area contributed by atoms with E-state index in [9.17, 15) is 24.0 Å². The van der Waals surface area contributed by atoms with Crippen molar-refractivity contribution in [3.05, 3.63) is 136 Å². The fraction of sp³-hybridized carbons (Fsp3) is 0.0645. The molecule has 0 unspecified atom stereocenters. The van der Waals surface area contributed by atoms with E-state index in [1.54, 1.807) is 78.9 Å².